The lowest BCUT2D eigenvalue weighted by atomic mass is 10.2. The van der Waals surface area contributed by atoms with Crippen molar-refractivity contribution in [2.45, 2.75) is 45.6 Å². The van der Waals surface area contributed by atoms with Crippen LogP contribution in [0.15, 0.2) is 24.3 Å². The average molecular weight is 308 g/mol. The minimum absolute atomic E-state index is 0.145. The van der Waals surface area contributed by atoms with Crippen molar-refractivity contribution in [2.75, 3.05) is 11.9 Å². The highest BCUT2D eigenvalue weighted by Gasteiger charge is 2.13. The van der Waals surface area contributed by atoms with E-state index in [0.29, 0.717) is 17.3 Å². The number of rotatable bonds is 9. The molecule has 0 bridgehead atoms. The highest BCUT2D eigenvalue weighted by atomic mass is 32.1. The summed E-state index contributed by atoms with van der Waals surface area (Å²) in [4.78, 5) is 12.3. The Bertz CT molecular complexity index is 460. The lowest BCUT2D eigenvalue weighted by molar-refractivity contribution is -0.126. The Morgan fingerprint density at radius 2 is 1.95 bits per heavy atom. The number of ether oxygens (including phenoxy) is 1. The maximum Gasteiger partial charge on any atom is 0.253 e. The van der Waals surface area contributed by atoms with Gasteiger partial charge in [-0.1, -0.05) is 38.4 Å². The third-order valence-corrected chi connectivity index (χ3v) is 3.41. The molecule has 0 aromatic heterocycles. The predicted octanol–water partition coefficient (Wildman–Crippen LogP) is 3.24. The molecule has 116 valence electrons. The minimum atomic E-state index is -0.457. The van der Waals surface area contributed by atoms with Crippen LogP contribution in [0.3, 0.4) is 0 Å². The summed E-state index contributed by atoms with van der Waals surface area (Å²) in [6.45, 7) is 4.55. The Balaban J connectivity index is 2.36. The van der Waals surface area contributed by atoms with Gasteiger partial charge in [0.2, 0.25) is 0 Å². The van der Waals surface area contributed by atoms with Crippen molar-refractivity contribution >= 4 is 28.8 Å². The Hall–Kier alpha value is -1.46. The highest BCUT2D eigenvalue weighted by molar-refractivity contribution is 7.80. The van der Waals surface area contributed by atoms with Gasteiger partial charge in [-0.05, 0) is 37.6 Å². The Morgan fingerprint density at radius 3 is 2.52 bits per heavy atom. The van der Waals surface area contributed by atoms with Gasteiger partial charge in [-0.2, -0.15) is 0 Å². The van der Waals surface area contributed by atoms with Crippen LogP contribution in [0, 0.1) is 0 Å². The predicted molar refractivity (Wildman–Crippen MR) is 90.5 cm³/mol. The molecule has 0 aliphatic carbocycles. The lowest BCUT2D eigenvalue weighted by Gasteiger charge is -2.13. The first kappa shape index (κ1) is 17.6. The third kappa shape index (κ3) is 6.69. The summed E-state index contributed by atoms with van der Waals surface area (Å²) in [6, 6.07) is 7.13. The van der Waals surface area contributed by atoms with E-state index in [-0.39, 0.29) is 5.91 Å². The van der Waals surface area contributed by atoms with Gasteiger partial charge in [0.15, 0.2) is 0 Å². The zero-order chi connectivity index (χ0) is 15.7. The molecule has 0 aliphatic heterocycles. The molecule has 0 fully saturated rings. The van der Waals surface area contributed by atoms with Crippen molar-refractivity contribution < 1.29 is 9.53 Å². The van der Waals surface area contributed by atoms with Gasteiger partial charge in [0.25, 0.3) is 5.91 Å². The number of hydrogen-bond donors (Lipinski definition) is 2. The second-order valence-corrected chi connectivity index (χ2v) is 5.44. The molecular weight excluding hydrogens is 284 g/mol. The number of benzene rings is 1. The minimum Gasteiger partial charge on any atom is -0.389 e. The molecule has 1 aromatic rings. The molecule has 4 nitrogen and oxygen atoms in total. The largest absolute Gasteiger partial charge is 0.389 e. The van der Waals surface area contributed by atoms with Gasteiger partial charge in [-0.25, -0.2) is 0 Å². The molecule has 0 saturated heterocycles. The van der Waals surface area contributed by atoms with Gasteiger partial charge in [-0.3, -0.25) is 4.79 Å². The summed E-state index contributed by atoms with van der Waals surface area (Å²) < 4.78 is 5.53. The van der Waals surface area contributed by atoms with Crippen molar-refractivity contribution in [1.29, 1.82) is 0 Å². The molecular formula is C16H24N2O2S. The van der Waals surface area contributed by atoms with Crippen molar-refractivity contribution in [3.63, 3.8) is 0 Å². The molecule has 5 heteroatoms. The first-order valence-electron chi connectivity index (χ1n) is 7.37. The van der Waals surface area contributed by atoms with E-state index < -0.39 is 6.10 Å². The second-order valence-electron chi connectivity index (χ2n) is 5.00. The number of unbranched alkanes of at least 4 members (excludes halogenated alkanes) is 3. The summed E-state index contributed by atoms with van der Waals surface area (Å²) in [5.41, 5.74) is 7.02. The first-order valence-corrected chi connectivity index (χ1v) is 7.77. The van der Waals surface area contributed by atoms with Gasteiger partial charge >= 0.3 is 0 Å². The molecule has 1 rings (SSSR count). The van der Waals surface area contributed by atoms with Crippen LogP contribution in [-0.4, -0.2) is 23.6 Å². The molecule has 0 heterocycles. The Kier molecular flexibility index (Phi) is 7.93. The smallest absolute Gasteiger partial charge is 0.253 e. The highest BCUT2D eigenvalue weighted by Crippen LogP contribution is 2.10. The number of carbonyl (C=O) groups excluding carboxylic acids is 1. The van der Waals surface area contributed by atoms with Gasteiger partial charge in [0.05, 0.1) is 0 Å². The number of carbonyl (C=O) groups is 1. The number of nitrogens with two attached hydrogens (primary N) is 1. The number of nitrogens with one attached hydrogen (secondary N) is 1. The molecule has 1 aromatic carbocycles. The van der Waals surface area contributed by atoms with E-state index >= 15 is 0 Å². The quantitative estimate of drug-likeness (QED) is 0.543. The maximum atomic E-state index is 12.0. The van der Waals surface area contributed by atoms with E-state index in [9.17, 15) is 4.79 Å². The maximum absolute atomic E-state index is 12.0. The summed E-state index contributed by atoms with van der Waals surface area (Å²) in [6.07, 6.45) is 4.08. The van der Waals surface area contributed by atoms with E-state index in [1.807, 2.05) is 0 Å². The fourth-order valence-corrected chi connectivity index (χ4v) is 1.96. The average Bonchev–Trinajstić information content (AvgIpc) is 2.47. The van der Waals surface area contributed by atoms with Crippen molar-refractivity contribution in [2.24, 2.45) is 5.73 Å². The van der Waals surface area contributed by atoms with Crippen LogP contribution in [0.2, 0.25) is 0 Å². The van der Waals surface area contributed by atoms with E-state index in [2.05, 4.69) is 12.2 Å². The Labute approximate surface area is 132 Å². The second kappa shape index (κ2) is 9.47. The van der Waals surface area contributed by atoms with E-state index in [0.717, 1.165) is 18.4 Å². The SMILES string of the molecule is CCCCCCOC(C)C(=O)Nc1ccc(C(N)=S)cc1. The van der Waals surface area contributed by atoms with Crippen LogP contribution in [0.1, 0.15) is 45.1 Å². The zero-order valence-electron chi connectivity index (χ0n) is 12.7. The third-order valence-electron chi connectivity index (χ3n) is 3.17. The van der Waals surface area contributed by atoms with Gasteiger partial charge in [0.1, 0.15) is 11.1 Å². The van der Waals surface area contributed by atoms with E-state index in [1.54, 1.807) is 31.2 Å². The van der Waals surface area contributed by atoms with Crippen LogP contribution in [-0.2, 0) is 9.53 Å². The standard InChI is InChI=1S/C16H24N2O2S/c1-3-4-5-6-11-20-12(2)16(19)18-14-9-7-13(8-10-14)15(17)21/h7-10,12H,3-6,11H2,1-2H3,(H2,17,21)(H,18,19). The number of amides is 1. The molecule has 1 unspecified atom stereocenters. The monoisotopic (exact) mass is 308 g/mol. The number of hydrogen-bond acceptors (Lipinski definition) is 3. The Morgan fingerprint density at radius 1 is 1.29 bits per heavy atom. The summed E-state index contributed by atoms with van der Waals surface area (Å²) >= 11 is 4.88. The molecule has 1 atom stereocenters. The van der Waals surface area contributed by atoms with E-state index in [4.69, 9.17) is 22.7 Å². The van der Waals surface area contributed by atoms with Gasteiger partial charge < -0.3 is 15.8 Å². The first-order chi connectivity index (χ1) is 10.0. The topological polar surface area (TPSA) is 64.3 Å². The molecule has 1 amide bonds. The summed E-state index contributed by atoms with van der Waals surface area (Å²) in [5.74, 6) is -0.145. The van der Waals surface area contributed by atoms with Gasteiger partial charge in [0, 0.05) is 17.9 Å². The summed E-state index contributed by atoms with van der Waals surface area (Å²) in [7, 11) is 0. The van der Waals surface area contributed by atoms with Crippen LogP contribution in [0.5, 0.6) is 0 Å². The van der Waals surface area contributed by atoms with Crippen molar-refractivity contribution in [3.05, 3.63) is 29.8 Å². The molecule has 0 saturated carbocycles. The molecule has 3 N–H and O–H groups in total. The van der Waals surface area contributed by atoms with Crippen LogP contribution < -0.4 is 11.1 Å². The molecule has 0 radical (unpaired) electrons. The van der Waals surface area contributed by atoms with Crippen LogP contribution >= 0.6 is 12.2 Å². The van der Waals surface area contributed by atoms with Crippen molar-refractivity contribution in [1.82, 2.24) is 0 Å². The summed E-state index contributed by atoms with van der Waals surface area (Å²) in [5, 5.41) is 2.81. The lowest BCUT2D eigenvalue weighted by Crippen LogP contribution is -2.28. The number of thiocarbonyl (C=S) groups is 1. The molecule has 0 spiro atoms. The van der Waals surface area contributed by atoms with Crippen molar-refractivity contribution in [3.8, 4) is 0 Å². The fraction of sp³-hybridized carbons (Fsp3) is 0.500. The fourth-order valence-electron chi connectivity index (χ4n) is 1.83. The van der Waals surface area contributed by atoms with Gasteiger partial charge in [-0.15, -0.1) is 0 Å². The normalized spacial score (nSPS) is 11.9. The molecule has 21 heavy (non-hydrogen) atoms. The number of anilines is 1. The zero-order valence-corrected chi connectivity index (χ0v) is 13.5. The van der Waals surface area contributed by atoms with Crippen LogP contribution in [0.4, 0.5) is 5.69 Å². The van der Waals surface area contributed by atoms with Crippen LogP contribution in [0.25, 0.3) is 0 Å². The molecule has 0 aliphatic rings. The van der Waals surface area contributed by atoms with E-state index in [1.165, 1.54) is 12.8 Å².